The van der Waals surface area contributed by atoms with Gasteiger partial charge in [-0.05, 0) is 44.2 Å². The van der Waals surface area contributed by atoms with Crippen LogP contribution in [-0.2, 0) is 26.0 Å². The lowest BCUT2D eigenvalue weighted by Gasteiger charge is -2.24. The number of ketones is 1. The van der Waals surface area contributed by atoms with E-state index in [1.807, 2.05) is 0 Å². The van der Waals surface area contributed by atoms with Crippen LogP contribution < -0.4 is 14.2 Å². The highest BCUT2D eigenvalue weighted by atomic mass is 79.9. The minimum atomic E-state index is -5.39. The largest absolute Gasteiger partial charge is 0.497 e. The first-order chi connectivity index (χ1) is 18.7. The molecule has 2 aromatic carbocycles. The normalized spacial score (nSPS) is 11.4. The third-order valence-electron chi connectivity index (χ3n) is 5.10. The average Bonchev–Trinajstić information content (AvgIpc) is 2.90. The number of ether oxygens (including phenoxy) is 3. The number of hydrogen-bond donors (Lipinski definition) is 0. The van der Waals surface area contributed by atoms with Crippen LogP contribution in [0, 0.1) is 5.82 Å². The first kappa shape index (κ1) is 30.3. The first-order valence-electron chi connectivity index (χ1n) is 11.2. The summed E-state index contributed by atoms with van der Waals surface area (Å²) in [6.07, 6.45) is -4.18. The van der Waals surface area contributed by atoms with Gasteiger partial charge in [0.15, 0.2) is 5.78 Å². The molecule has 0 bridgehead atoms. The van der Waals surface area contributed by atoms with Crippen LogP contribution in [0.25, 0.3) is 0 Å². The van der Waals surface area contributed by atoms with Crippen molar-refractivity contribution in [2.45, 2.75) is 32.2 Å². The lowest BCUT2D eigenvalue weighted by Crippen LogP contribution is -2.41. The topological polar surface area (TPSA) is 110 Å². The number of carbonyl (C=O) groups is 3. The third kappa shape index (κ3) is 7.68. The number of rotatable bonds is 9. The number of alkyl halides is 3. The molecule has 14 heteroatoms. The highest BCUT2D eigenvalue weighted by Gasteiger charge is 2.44. The molecule has 0 amide bonds. The maximum atomic E-state index is 14.0. The van der Waals surface area contributed by atoms with Crippen LogP contribution in [-0.4, -0.2) is 41.6 Å². The van der Waals surface area contributed by atoms with Gasteiger partial charge in [0, 0.05) is 33.9 Å². The summed E-state index contributed by atoms with van der Waals surface area (Å²) in [4.78, 5) is 48.0. The molecule has 0 unspecified atom stereocenters. The highest BCUT2D eigenvalue weighted by Crippen LogP contribution is 2.31. The SMILES string of the molecule is COc1ccc(C(=O)c2ccc(OCc3ccc(Br)cc3F)nc2)c(OC(C)(C)C(=O)OOC(=O)C(F)(F)F)c1. The molecule has 3 rings (SSSR count). The first-order valence-corrected chi connectivity index (χ1v) is 11.9. The summed E-state index contributed by atoms with van der Waals surface area (Å²) in [7, 11) is 1.33. The fourth-order valence-corrected chi connectivity index (χ4v) is 3.32. The minimum Gasteiger partial charge on any atom is -0.497 e. The van der Waals surface area contributed by atoms with Gasteiger partial charge in [0.2, 0.25) is 11.5 Å². The van der Waals surface area contributed by atoms with Crippen LogP contribution >= 0.6 is 15.9 Å². The van der Waals surface area contributed by atoms with Crippen molar-refractivity contribution in [2.75, 3.05) is 7.11 Å². The molecule has 212 valence electrons. The second-order valence-corrected chi connectivity index (χ2v) is 9.37. The van der Waals surface area contributed by atoms with Crippen LogP contribution in [0.5, 0.6) is 17.4 Å². The van der Waals surface area contributed by atoms with Crippen LogP contribution in [0.4, 0.5) is 17.6 Å². The Labute approximate surface area is 233 Å². The van der Waals surface area contributed by atoms with E-state index in [1.165, 1.54) is 49.7 Å². The zero-order chi connectivity index (χ0) is 29.7. The van der Waals surface area contributed by atoms with Gasteiger partial charge in [-0.3, -0.25) is 4.79 Å². The Bertz CT molecular complexity index is 1410. The van der Waals surface area contributed by atoms with Gasteiger partial charge in [-0.1, -0.05) is 22.0 Å². The van der Waals surface area contributed by atoms with E-state index in [0.717, 1.165) is 13.8 Å². The molecule has 1 aromatic heterocycles. The second kappa shape index (κ2) is 12.3. The van der Waals surface area contributed by atoms with Gasteiger partial charge < -0.3 is 14.2 Å². The molecule has 0 spiro atoms. The highest BCUT2D eigenvalue weighted by molar-refractivity contribution is 9.10. The van der Waals surface area contributed by atoms with Crippen LogP contribution in [0.1, 0.15) is 35.3 Å². The number of aromatic nitrogens is 1. The van der Waals surface area contributed by atoms with Gasteiger partial charge in [-0.25, -0.2) is 28.7 Å². The van der Waals surface area contributed by atoms with E-state index in [2.05, 4.69) is 30.7 Å². The maximum absolute atomic E-state index is 14.0. The molecule has 9 nitrogen and oxygen atoms in total. The zero-order valence-electron chi connectivity index (χ0n) is 21.0. The van der Waals surface area contributed by atoms with E-state index < -0.39 is 35.3 Å². The molecule has 1 heterocycles. The smallest absolute Gasteiger partial charge is 0.495 e. The summed E-state index contributed by atoms with van der Waals surface area (Å²) in [5, 5.41) is 0. The summed E-state index contributed by atoms with van der Waals surface area (Å²) < 4.78 is 67.8. The molecule has 0 saturated carbocycles. The standard InChI is InChI=1S/C26H20BrF4NO8/c1-25(2,23(34)39-40-24(35)26(29,30)31)38-20-11-17(36-3)7-8-18(20)22(33)14-5-9-21(32-12-14)37-13-15-4-6-16(27)10-19(15)28/h4-12H,13H2,1-3H3. The summed E-state index contributed by atoms with van der Waals surface area (Å²) >= 11 is 3.17. The van der Waals surface area contributed by atoms with E-state index >= 15 is 0 Å². The number of halogens is 5. The van der Waals surface area contributed by atoms with Crippen molar-refractivity contribution in [1.82, 2.24) is 4.98 Å². The molecule has 0 aliphatic carbocycles. The molecule has 0 radical (unpaired) electrons. The van der Waals surface area contributed by atoms with Gasteiger partial charge in [0.1, 0.15) is 23.9 Å². The van der Waals surface area contributed by atoms with Crippen molar-refractivity contribution in [2.24, 2.45) is 0 Å². The van der Waals surface area contributed by atoms with Crippen molar-refractivity contribution < 1.29 is 55.9 Å². The molecular weight excluding hydrogens is 610 g/mol. The molecule has 0 saturated heterocycles. The van der Waals surface area contributed by atoms with Crippen molar-refractivity contribution in [1.29, 1.82) is 0 Å². The molecule has 0 N–H and O–H groups in total. The number of pyridine rings is 1. The Morgan fingerprint density at radius 2 is 1.65 bits per heavy atom. The maximum Gasteiger partial charge on any atom is 0.495 e. The minimum absolute atomic E-state index is 0.0682. The Kier molecular flexibility index (Phi) is 9.35. The number of nitrogens with zero attached hydrogens (tertiary/aromatic N) is 1. The van der Waals surface area contributed by atoms with Crippen molar-refractivity contribution in [3.63, 3.8) is 0 Å². The van der Waals surface area contributed by atoms with Crippen molar-refractivity contribution >= 4 is 33.7 Å². The predicted molar refractivity (Wildman–Crippen MR) is 132 cm³/mol. The Morgan fingerprint density at radius 3 is 2.25 bits per heavy atom. The van der Waals surface area contributed by atoms with Gasteiger partial charge in [0.05, 0.1) is 12.7 Å². The molecule has 40 heavy (non-hydrogen) atoms. The lowest BCUT2D eigenvalue weighted by molar-refractivity contribution is -0.291. The summed E-state index contributed by atoms with van der Waals surface area (Å²) in [6, 6.07) is 11.3. The number of methoxy groups -OCH3 is 1. The van der Waals surface area contributed by atoms with Gasteiger partial charge in [-0.15, -0.1) is 0 Å². The lowest BCUT2D eigenvalue weighted by atomic mass is 10.0. The molecule has 0 fully saturated rings. The Morgan fingerprint density at radius 1 is 0.950 bits per heavy atom. The van der Waals surface area contributed by atoms with Crippen molar-refractivity contribution in [3.05, 3.63) is 81.7 Å². The van der Waals surface area contributed by atoms with E-state index in [-0.39, 0.29) is 35.1 Å². The van der Waals surface area contributed by atoms with Crippen LogP contribution in [0.15, 0.2) is 59.2 Å². The van der Waals surface area contributed by atoms with Gasteiger partial charge >= 0.3 is 18.1 Å². The van der Waals surface area contributed by atoms with E-state index in [0.29, 0.717) is 10.0 Å². The van der Waals surface area contributed by atoms with E-state index in [4.69, 9.17) is 14.2 Å². The number of carbonyl (C=O) groups excluding carboxylic acids is 3. The molecule has 0 aliphatic heterocycles. The zero-order valence-corrected chi connectivity index (χ0v) is 22.6. The summed E-state index contributed by atoms with van der Waals surface area (Å²) in [5.74, 6) is -5.17. The number of hydrogen-bond acceptors (Lipinski definition) is 9. The van der Waals surface area contributed by atoms with E-state index in [1.54, 1.807) is 12.1 Å². The fraction of sp³-hybridized carbons (Fsp3) is 0.231. The second-order valence-electron chi connectivity index (χ2n) is 8.45. The van der Waals surface area contributed by atoms with Crippen molar-refractivity contribution in [3.8, 4) is 17.4 Å². The quantitative estimate of drug-likeness (QED) is 0.131. The van der Waals surface area contributed by atoms with Crippen LogP contribution in [0.3, 0.4) is 0 Å². The van der Waals surface area contributed by atoms with Gasteiger partial charge in [0.25, 0.3) is 0 Å². The summed E-state index contributed by atoms with van der Waals surface area (Å²) in [6.45, 7) is 2.12. The van der Waals surface area contributed by atoms with Crippen LogP contribution in [0.2, 0.25) is 0 Å². The average molecular weight is 630 g/mol. The monoisotopic (exact) mass is 629 g/mol. The molecule has 0 atom stereocenters. The van der Waals surface area contributed by atoms with Gasteiger partial charge in [-0.2, -0.15) is 13.2 Å². The Hall–Kier alpha value is -4.20. The molecular formula is C26H20BrF4NO8. The van der Waals surface area contributed by atoms with E-state index in [9.17, 15) is 31.9 Å². The molecule has 0 aliphatic rings. The third-order valence-corrected chi connectivity index (χ3v) is 5.60. The Balaban J connectivity index is 1.76. The fourth-order valence-electron chi connectivity index (χ4n) is 2.99. The molecule has 3 aromatic rings. The number of benzene rings is 2. The summed E-state index contributed by atoms with van der Waals surface area (Å²) in [5.41, 5.74) is -1.72. The predicted octanol–water partition coefficient (Wildman–Crippen LogP) is 5.52.